The molecule has 2 aromatic rings. The van der Waals surface area contributed by atoms with Crippen LogP contribution in [-0.4, -0.2) is 10.2 Å². The number of thiophene rings is 1. The summed E-state index contributed by atoms with van der Waals surface area (Å²) in [5, 5.41) is 9.31. The second-order valence-electron chi connectivity index (χ2n) is 1.88. The highest BCUT2D eigenvalue weighted by atomic mass is 79.9. The monoisotopic (exact) mass is 230 g/mol. The Balaban J connectivity index is 2.45. The zero-order chi connectivity index (χ0) is 7.68. The summed E-state index contributed by atoms with van der Waals surface area (Å²) >= 11 is 4.94. The van der Waals surface area contributed by atoms with E-state index < -0.39 is 0 Å². The molecule has 2 aromatic heterocycles. The SMILES string of the molecule is Brc1cc(-c2nnco2)cs1. The first-order valence-corrected chi connectivity index (χ1v) is 4.54. The molecular weight excluding hydrogens is 228 g/mol. The highest BCUT2D eigenvalue weighted by Crippen LogP contribution is 2.27. The maximum Gasteiger partial charge on any atom is 0.248 e. The minimum atomic E-state index is 0.562. The Morgan fingerprint density at radius 3 is 3.00 bits per heavy atom. The Morgan fingerprint density at radius 1 is 1.55 bits per heavy atom. The number of hydrogen-bond donors (Lipinski definition) is 0. The van der Waals surface area contributed by atoms with Crippen molar-refractivity contribution >= 4 is 27.3 Å². The minimum absolute atomic E-state index is 0.562. The van der Waals surface area contributed by atoms with Gasteiger partial charge in [0.1, 0.15) is 0 Å². The fourth-order valence-corrected chi connectivity index (χ4v) is 1.85. The van der Waals surface area contributed by atoms with Crippen LogP contribution in [0.1, 0.15) is 0 Å². The first-order chi connectivity index (χ1) is 5.36. The lowest BCUT2D eigenvalue weighted by Crippen LogP contribution is -1.71. The molecule has 0 saturated carbocycles. The predicted molar refractivity (Wildman–Crippen MR) is 45.3 cm³/mol. The Hall–Kier alpha value is -0.680. The smallest absolute Gasteiger partial charge is 0.248 e. The molecule has 0 aliphatic carbocycles. The second-order valence-corrected chi connectivity index (χ2v) is 4.17. The van der Waals surface area contributed by atoms with Crippen molar-refractivity contribution in [2.45, 2.75) is 0 Å². The Bertz CT molecular complexity index is 343. The molecule has 0 saturated heterocycles. The van der Waals surface area contributed by atoms with E-state index in [1.165, 1.54) is 6.39 Å². The van der Waals surface area contributed by atoms with E-state index in [9.17, 15) is 0 Å². The molecule has 0 unspecified atom stereocenters. The molecule has 5 heteroatoms. The molecule has 0 atom stereocenters. The van der Waals surface area contributed by atoms with Crippen molar-refractivity contribution in [1.29, 1.82) is 0 Å². The van der Waals surface area contributed by atoms with E-state index in [-0.39, 0.29) is 0 Å². The third-order valence-electron chi connectivity index (χ3n) is 1.17. The van der Waals surface area contributed by atoms with Crippen LogP contribution in [0.5, 0.6) is 0 Å². The first-order valence-electron chi connectivity index (χ1n) is 2.87. The van der Waals surface area contributed by atoms with Crippen molar-refractivity contribution in [3.63, 3.8) is 0 Å². The highest BCUT2D eigenvalue weighted by molar-refractivity contribution is 9.11. The van der Waals surface area contributed by atoms with E-state index in [4.69, 9.17) is 4.42 Å². The van der Waals surface area contributed by atoms with Crippen molar-refractivity contribution in [2.24, 2.45) is 0 Å². The number of rotatable bonds is 1. The van der Waals surface area contributed by atoms with Gasteiger partial charge in [-0.3, -0.25) is 0 Å². The second kappa shape index (κ2) is 2.75. The van der Waals surface area contributed by atoms with Gasteiger partial charge in [-0.25, -0.2) is 0 Å². The van der Waals surface area contributed by atoms with Crippen LogP contribution in [0.4, 0.5) is 0 Å². The van der Waals surface area contributed by atoms with Gasteiger partial charge >= 0.3 is 0 Å². The standard InChI is InChI=1S/C6H3BrN2OS/c7-5-1-4(2-11-5)6-9-8-3-10-6/h1-3H. The van der Waals surface area contributed by atoms with Gasteiger partial charge < -0.3 is 4.42 Å². The van der Waals surface area contributed by atoms with Gasteiger partial charge in [0.05, 0.1) is 9.35 Å². The normalized spacial score (nSPS) is 10.3. The molecule has 0 spiro atoms. The fourth-order valence-electron chi connectivity index (χ4n) is 0.721. The topological polar surface area (TPSA) is 38.9 Å². The summed E-state index contributed by atoms with van der Waals surface area (Å²) in [6.07, 6.45) is 1.32. The molecule has 0 aliphatic heterocycles. The van der Waals surface area contributed by atoms with Gasteiger partial charge in [-0.1, -0.05) is 0 Å². The zero-order valence-corrected chi connectivity index (χ0v) is 7.72. The molecule has 0 radical (unpaired) electrons. The maximum absolute atomic E-state index is 5.00. The quantitative estimate of drug-likeness (QED) is 0.756. The van der Waals surface area contributed by atoms with Crippen LogP contribution in [0.15, 0.2) is 26.0 Å². The lowest BCUT2D eigenvalue weighted by Gasteiger charge is -1.81. The number of hydrogen-bond acceptors (Lipinski definition) is 4. The van der Waals surface area contributed by atoms with Gasteiger partial charge in [-0.05, 0) is 22.0 Å². The molecule has 0 amide bonds. The number of halogens is 1. The van der Waals surface area contributed by atoms with Crippen molar-refractivity contribution in [3.05, 3.63) is 21.6 Å². The predicted octanol–water partition coefficient (Wildman–Crippen LogP) is 2.56. The molecule has 2 heterocycles. The number of nitrogens with zero attached hydrogens (tertiary/aromatic N) is 2. The van der Waals surface area contributed by atoms with E-state index in [1.807, 2.05) is 11.4 Å². The summed E-state index contributed by atoms with van der Waals surface area (Å²) in [4.78, 5) is 0. The zero-order valence-electron chi connectivity index (χ0n) is 5.32. The van der Waals surface area contributed by atoms with Crippen molar-refractivity contribution in [2.75, 3.05) is 0 Å². The summed E-state index contributed by atoms with van der Waals surface area (Å²) < 4.78 is 6.06. The molecule has 11 heavy (non-hydrogen) atoms. The average Bonchev–Trinajstić information content (AvgIpc) is 2.55. The van der Waals surface area contributed by atoms with Gasteiger partial charge in [0, 0.05) is 5.38 Å². The van der Waals surface area contributed by atoms with Gasteiger partial charge in [-0.15, -0.1) is 21.5 Å². The maximum atomic E-state index is 5.00. The summed E-state index contributed by atoms with van der Waals surface area (Å²) in [5.41, 5.74) is 0.958. The van der Waals surface area contributed by atoms with Gasteiger partial charge in [0.15, 0.2) is 0 Å². The third kappa shape index (κ3) is 1.34. The lowest BCUT2D eigenvalue weighted by molar-refractivity contribution is 0.569. The van der Waals surface area contributed by atoms with E-state index in [1.54, 1.807) is 11.3 Å². The molecule has 0 aromatic carbocycles. The van der Waals surface area contributed by atoms with E-state index in [0.29, 0.717) is 5.89 Å². The molecule has 0 bridgehead atoms. The van der Waals surface area contributed by atoms with Gasteiger partial charge in [0.2, 0.25) is 12.3 Å². The molecule has 2 rings (SSSR count). The van der Waals surface area contributed by atoms with Crippen molar-refractivity contribution in [3.8, 4) is 11.5 Å². The Kier molecular flexibility index (Phi) is 1.75. The fraction of sp³-hybridized carbons (Fsp3) is 0. The molecule has 0 N–H and O–H groups in total. The van der Waals surface area contributed by atoms with E-state index in [0.717, 1.165) is 9.35 Å². The van der Waals surface area contributed by atoms with Crippen LogP contribution in [0.2, 0.25) is 0 Å². The Labute approximate surface area is 75.2 Å². The summed E-state index contributed by atoms with van der Waals surface area (Å²) in [6.45, 7) is 0. The highest BCUT2D eigenvalue weighted by Gasteiger charge is 2.04. The summed E-state index contributed by atoms with van der Waals surface area (Å²) in [6, 6.07) is 1.94. The largest absolute Gasteiger partial charge is 0.423 e. The van der Waals surface area contributed by atoms with Crippen molar-refractivity contribution in [1.82, 2.24) is 10.2 Å². The summed E-state index contributed by atoms with van der Waals surface area (Å²) in [7, 11) is 0. The molecule has 3 nitrogen and oxygen atoms in total. The van der Waals surface area contributed by atoms with Crippen LogP contribution >= 0.6 is 27.3 Å². The molecule has 0 fully saturated rings. The minimum Gasteiger partial charge on any atom is -0.423 e. The molecular formula is C6H3BrN2OS. The number of aromatic nitrogens is 2. The summed E-state index contributed by atoms with van der Waals surface area (Å²) in [5.74, 6) is 0.562. The van der Waals surface area contributed by atoms with E-state index >= 15 is 0 Å². The van der Waals surface area contributed by atoms with Crippen LogP contribution in [0.3, 0.4) is 0 Å². The van der Waals surface area contributed by atoms with E-state index in [2.05, 4.69) is 26.1 Å². The van der Waals surface area contributed by atoms with Gasteiger partial charge in [0.25, 0.3) is 0 Å². The van der Waals surface area contributed by atoms with Gasteiger partial charge in [-0.2, -0.15) is 0 Å². The van der Waals surface area contributed by atoms with Crippen LogP contribution in [0, 0.1) is 0 Å². The Morgan fingerprint density at radius 2 is 2.45 bits per heavy atom. The first kappa shape index (κ1) is 7.00. The van der Waals surface area contributed by atoms with Crippen LogP contribution < -0.4 is 0 Å². The third-order valence-corrected chi connectivity index (χ3v) is 2.68. The average molecular weight is 231 g/mol. The lowest BCUT2D eigenvalue weighted by atomic mass is 10.3. The molecule has 56 valence electrons. The van der Waals surface area contributed by atoms with Crippen molar-refractivity contribution < 1.29 is 4.42 Å². The van der Waals surface area contributed by atoms with Crippen LogP contribution in [0.25, 0.3) is 11.5 Å². The molecule has 0 aliphatic rings. The van der Waals surface area contributed by atoms with Crippen LogP contribution in [-0.2, 0) is 0 Å².